The van der Waals surface area contributed by atoms with Crippen molar-refractivity contribution < 1.29 is 5.11 Å². The Balaban J connectivity index is 2.05. The molecule has 3 heteroatoms. The summed E-state index contributed by atoms with van der Waals surface area (Å²) in [6.45, 7) is 0.191. The maximum atomic E-state index is 9.29. The Morgan fingerprint density at radius 3 is 1.72 bits per heavy atom. The van der Waals surface area contributed by atoms with Crippen molar-refractivity contribution in [2.75, 3.05) is 12.4 Å². The monoisotopic (exact) mass is 413 g/mol. The number of thioether (sulfide) groups is 1. The molecular formula is C22H21OSSe+. The average Bonchev–Trinajstić information content (AvgIpc) is 2.70. The Bertz CT molecular complexity index is 749. The Kier molecular flexibility index (Phi) is 6.96. The van der Waals surface area contributed by atoms with Gasteiger partial charge in [0.05, 0.1) is 0 Å². The molecule has 1 nitrogen and oxygen atoms in total. The molecule has 0 saturated carbocycles. The summed E-state index contributed by atoms with van der Waals surface area (Å²) in [5.41, 5.74) is 1.22. The van der Waals surface area contributed by atoms with E-state index in [0.29, 0.717) is 5.75 Å². The summed E-state index contributed by atoms with van der Waals surface area (Å²) in [5, 5.41) is 9.29. The van der Waals surface area contributed by atoms with Gasteiger partial charge in [0.25, 0.3) is 0 Å². The van der Waals surface area contributed by atoms with E-state index in [1.807, 2.05) is 6.07 Å². The third-order valence-electron chi connectivity index (χ3n) is 3.63. The van der Waals surface area contributed by atoms with Gasteiger partial charge in [-0.05, 0) is 0 Å². The molecule has 3 aromatic carbocycles. The molecule has 0 heterocycles. The molecule has 0 aliphatic heterocycles. The van der Waals surface area contributed by atoms with E-state index < -0.39 is 13.9 Å². The summed E-state index contributed by atoms with van der Waals surface area (Å²) in [6, 6.07) is 32.0. The molecule has 3 aromatic rings. The van der Waals surface area contributed by atoms with Gasteiger partial charge < -0.3 is 0 Å². The molecule has 0 saturated heterocycles. The number of benzene rings is 3. The van der Waals surface area contributed by atoms with E-state index in [1.165, 1.54) is 19.4 Å². The second-order valence-electron chi connectivity index (χ2n) is 5.38. The van der Waals surface area contributed by atoms with E-state index in [1.54, 1.807) is 11.8 Å². The van der Waals surface area contributed by atoms with Crippen LogP contribution in [0.4, 0.5) is 0 Å². The fourth-order valence-corrected chi connectivity index (χ4v) is 7.83. The van der Waals surface area contributed by atoms with Gasteiger partial charge in [0.2, 0.25) is 0 Å². The van der Waals surface area contributed by atoms with Gasteiger partial charge in [-0.15, -0.1) is 0 Å². The first-order chi connectivity index (χ1) is 12.4. The Morgan fingerprint density at radius 1 is 0.760 bits per heavy atom. The summed E-state index contributed by atoms with van der Waals surface area (Å²) in [6.07, 6.45) is 0. The van der Waals surface area contributed by atoms with E-state index in [0.717, 1.165) is 0 Å². The van der Waals surface area contributed by atoms with Crippen molar-refractivity contribution >= 4 is 39.5 Å². The van der Waals surface area contributed by atoms with Crippen molar-refractivity contribution in [3.05, 3.63) is 102 Å². The van der Waals surface area contributed by atoms with Crippen LogP contribution in [0.2, 0.25) is 0 Å². The second kappa shape index (κ2) is 9.64. The van der Waals surface area contributed by atoms with Crippen molar-refractivity contribution in [1.29, 1.82) is 0 Å². The van der Waals surface area contributed by atoms with Crippen LogP contribution in [0, 0.1) is 0 Å². The molecular weight excluding hydrogens is 391 g/mol. The first-order valence-electron chi connectivity index (χ1n) is 8.22. The maximum absolute atomic E-state index is 9.29. The van der Waals surface area contributed by atoms with E-state index >= 15 is 0 Å². The molecule has 0 fully saturated rings. The average molecular weight is 412 g/mol. The number of rotatable bonds is 7. The van der Waals surface area contributed by atoms with E-state index in [-0.39, 0.29) is 6.61 Å². The third-order valence-corrected chi connectivity index (χ3v) is 9.28. The van der Waals surface area contributed by atoms with Gasteiger partial charge in [0, 0.05) is 0 Å². The van der Waals surface area contributed by atoms with Gasteiger partial charge in [0.15, 0.2) is 0 Å². The minimum atomic E-state index is -1.32. The normalized spacial score (nSPS) is 11.7. The molecule has 1 N–H and O–H groups in total. The van der Waals surface area contributed by atoms with Crippen LogP contribution >= 0.6 is 11.8 Å². The molecule has 25 heavy (non-hydrogen) atoms. The van der Waals surface area contributed by atoms with Crippen LogP contribution in [0.3, 0.4) is 0 Å². The van der Waals surface area contributed by atoms with Gasteiger partial charge in [-0.2, -0.15) is 0 Å². The van der Waals surface area contributed by atoms with Gasteiger partial charge in [0.1, 0.15) is 0 Å². The second-order valence-corrected chi connectivity index (χ2v) is 10.4. The predicted molar refractivity (Wildman–Crippen MR) is 112 cm³/mol. The first kappa shape index (κ1) is 18.0. The molecule has 0 amide bonds. The van der Waals surface area contributed by atoms with Crippen LogP contribution in [-0.2, 0) is 0 Å². The third kappa shape index (κ3) is 5.10. The molecule has 0 aliphatic rings. The molecule has 0 aliphatic carbocycles. The molecule has 0 aromatic heterocycles. The zero-order chi connectivity index (χ0) is 17.3. The summed E-state index contributed by atoms with van der Waals surface area (Å²) in [5.74, 6) is 0.711. The van der Waals surface area contributed by atoms with Gasteiger partial charge in [-0.25, -0.2) is 0 Å². The van der Waals surface area contributed by atoms with Crippen molar-refractivity contribution in [1.82, 2.24) is 0 Å². The quantitative estimate of drug-likeness (QED) is 0.599. The van der Waals surface area contributed by atoms with E-state index in [4.69, 9.17) is 0 Å². The van der Waals surface area contributed by atoms with E-state index in [2.05, 4.69) is 89.9 Å². The summed E-state index contributed by atoms with van der Waals surface area (Å²) in [7, 11) is 0. The molecule has 3 rings (SSSR count). The van der Waals surface area contributed by atoms with Crippen LogP contribution < -0.4 is 8.92 Å². The number of hydrogen-bond donors (Lipinski definition) is 1. The fourth-order valence-electron chi connectivity index (χ4n) is 2.46. The first-order valence-corrected chi connectivity index (χ1v) is 11.9. The Morgan fingerprint density at radius 2 is 1.24 bits per heavy atom. The summed E-state index contributed by atoms with van der Waals surface area (Å²) < 4.78 is 2.79. The Hall–Kier alpha value is -1.77. The zero-order valence-electron chi connectivity index (χ0n) is 13.9. The van der Waals surface area contributed by atoms with Gasteiger partial charge in [-0.1, -0.05) is 0 Å². The van der Waals surface area contributed by atoms with E-state index in [9.17, 15) is 5.11 Å². The van der Waals surface area contributed by atoms with Crippen LogP contribution in [0.1, 0.15) is 5.56 Å². The summed E-state index contributed by atoms with van der Waals surface area (Å²) in [4.78, 5) is 3.70. The molecule has 0 bridgehead atoms. The number of aliphatic hydroxyl groups excluding tert-OH is 1. The number of aliphatic hydroxyl groups is 1. The van der Waals surface area contributed by atoms with Crippen LogP contribution in [0.15, 0.2) is 96.0 Å². The number of hydrogen-bond acceptors (Lipinski definition) is 2. The zero-order valence-corrected chi connectivity index (χ0v) is 16.4. The molecule has 0 atom stereocenters. The van der Waals surface area contributed by atoms with Gasteiger partial charge >= 0.3 is 158 Å². The molecule has 0 unspecified atom stereocenters. The standard InChI is InChI=1S/C22H21OSSe/c23-16-17-24-22(19-10-4-1-5-11-19)18-25(20-12-6-2-7-13-20)21-14-8-3-9-15-21/h1-15,18,23H,16-17H2/q+1/b22-18-. The van der Waals surface area contributed by atoms with Crippen molar-refractivity contribution in [2.45, 2.75) is 0 Å². The fraction of sp³-hybridized carbons (Fsp3) is 0.0909. The van der Waals surface area contributed by atoms with Crippen molar-refractivity contribution in [3.63, 3.8) is 0 Å². The van der Waals surface area contributed by atoms with Crippen molar-refractivity contribution in [3.8, 4) is 0 Å². The van der Waals surface area contributed by atoms with Crippen LogP contribution in [-0.4, -0.2) is 31.4 Å². The predicted octanol–water partition coefficient (Wildman–Crippen LogP) is 3.60. The minimum absolute atomic E-state index is 0.191. The van der Waals surface area contributed by atoms with Gasteiger partial charge in [-0.3, -0.25) is 0 Å². The topological polar surface area (TPSA) is 20.2 Å². The Labute approximate surface area is 158 Å². The molecule has 0 spiro atoms. The van der Waals surface area contributed by atoms with Crippen LogP contribution in [0.25, 0.3) is 4.91 Å². The SMILES string of the molecule is OCCS/C(=C\[Se+](c1ccccc1)c1ccccc1)c1ccccc1. The molecule has 0 radical (unpaired) electrons. The summed E-state index contributed by atoms with van der Waals surface area (Å²) >= 11 is 0.416. The molecule has 126 valence electrons. The van der Waals surface area contributed by atoms with Crippen molar-refractivity contribution in [2.24, 2.45) is 0 Å². The van der Waals surface area contributed by atoms with Crippen LogP contribution in [0.5, 0.6) is 0 Å².